The SMILES string of the molecule is O=C(Cl)c1cscc1-c1cscc1C(=O)Cl. The lowest BCUT2D eigenvalue weighted by Gasteiger charge is -1.99. The van der Waals surface area contributed by atoms with Crippen LogP contribution in [0.2, 0.25) is 0 Å². The average Bonchev–Trinajstić information content (AvgIpc) is 2.85. The largest absolute Gasteiger partial charge is 0.276 e. The van der Waals surface area contributed by atoms with Crippen LogP contribution in [-0.2, 0) is 0 Å². The number of carbonyl (C=O) groups excluding carboxylic acids is 2. The predicted octanol–water partition coefficient (Wildman–Crippen LogP) is 4.23. The van der Waals surface area contributed by atoms with Crippen molar-refractivity contribution >= 4 is 56.4 Å². The van der Waals surface area contributed by atoms with Gasteiger partial charge in [0.25, 0.3) is 10.5 Å². The van der Waals surface area contributed by atoms with E-state index in [9.17, 15) is 9.59 Å². The molecule has 0 atom stereocenters. The summed E-state index contributed by atoms with van der Waals surface area (Å²) in [6, 6.07) is 0. The number of hydrogen-bond donors (Lipinski definition) is 0. The standard InChI is InChI=1S/C10H4Cl2O2S2/c11-9(13)7-3-15-1-5(7)6-2-16-4-8(6)10(12)14/h1-4H. The van der Waals surface area contributed by atoms with Crippen molar-refractivity contribution in [2.45, 2.75) is 0 Å². The average molecular weight is 291 g/mol. The molecule has 0 unspecified atom stereocenters. The highest BCUT2D eigenvalue weighted by Crippen LogP contribution is 2.34. The highest BCUT2D eigenvalue weighted by molar-refractivity contribution is 7.10. The highest BCUT2D eigenvalue weighted by Gasteiger charge is 2.18. The van der Waals surface area contributed by atoms with Crippen molar-refractivity contribution in [3.05, 3.63) is 32.6 Å². The molecule has 0 aliphatic heterocycles. The fraction of sp³-hybridized carbons (Fsp3) is 0. The Balaban J connectivity index is 2.59. The van der Waals surface area contributed by atoms with Gasteiger partial charge in [0.2, 0.25) is 0 Å². The van der Waals surface area contributed by atoms with E-state index in [1.165, 1.54) is 22.7 Å². The van der Waals surface area contributed by atoms with Gasteiger partial charge in [0.1, 0.15) is 0 Å². The fourth-order valence-corrected chi connectivity index (χ4v) is 3.41. The summed E-state index contributed by atoms with van der Waals surface area (Å²) in [7, 11) is 0. The van der Waals surface area contributed by atoms with E-state index in [0.717, 1.165) is 0 Å². The van der Waals surface area contributed by atoms with Gasteiger partial charge < -0.3 is 0 Å². The number of carbonyl (C=O) groups is 2. The van der Waals surface area contributed by atoms with E-state index >= 15 is 0 Å². The second-order valence-corrected chi connectivity index (χ2v) is 5.12. The second kappa shape index (κ2) is 4.67. The Morgan fingerprint density at radius 2 is 1.19 bits per heavy atom. The summed E-state index contributed by atoms with van der Waals surface area (Å²) in [6.07, 6.45) is 0. The molecule has 0 fully saturated rings. The molecule has 82 valence electrons. The maximum atomic E-state index is 11.2. The predicted molar refractivity (Wildman–Crippen MR) is 68.0 cm³/mol. The normalized spacial score (nSPS) is 10.4. The zero-order valence-corrected chi connectivity index (χ0v) is 10.8. The lowest BCUT2D eigenvalue weighted by molar-refractivity contribution is 0.107. The maximum absolute atomic E-state index is 11.2. The Hall–Kier alpha value is -0.680. The molecule has 0 amide bonds. The second-order valence-electron chi connectivity index (χ2n) is 2.95. The lowest BCUT2D eigenvalue weighted by atomic mass is 10.1. The van der Waals surface area contributed by atoms with Gasteiger partial charge in [-0.1, -0.05) is 0 Å². The minimum absolute atomic E-state index is 0.407. The Bertz CT molecular complexity index is 506. The van der Waals surface area contributed by atoms with Crippen molar-refractivity contribution < 1.29 is 9.59 Å². The first kappa shape index (κ1) is 11.8. The molecular formula is C10H4Cl2O2S2. The summed E-state index contributed by atoms with van der Waals surface area (Å²) in [5.41, 5.74) is 2.14. The first-order chi connectivity index (χ1) is 7.61. The van der Waals surface area contributed by atoms with E-state index < -0.39 is 10.5 Å². The van der Waals surface area contributed by atoms with Crippen LogP contribution in [0.3, 0.4) is 0 Å². The van der Waals surface area contributed by atoms with Crippen molar-refractivity contribution in [1.82, 2.24) is 0 Å². The minimum Gasteiger partial charge on any atom is -0.276 e. The topological polar surface area (TPSA) is 34.1 Å². The quantitative estimate of drug-likeness (QED) is 0.793. The molecule has 0 radical (unpaired) electrons. The van der Waals surface area contributed by atoms with Crippen molar-refractivity contribution in [3.8, 4) is 11.1 Å². The van der Waals surface area contributed by atoms with Crippen molar-refractivity contribution in [1.29, 1.82) is 0 Å². The van der Waals surface area contributed by atoms with Crippen LogP contribution in [-0.4, -0.2) is 10.5 Å². The summed E-state index contributed by atoms with van der Waals surface area (Å²) in [4.78, 5) is 22.3. The van der Waals surface area contributed by atoms with Crippen molar-refractivity contribution in [2.75, 3.05) is 0 Å². The van der Waals surface area contributed by atoms with Crippen LogP contribution in [0.4, 0.5) is 0 Å². The third kappa shape index (κ3) is 2.06. The van der Waals surface area contributed by atoms with Gasteiger partial charge in [-0.25, -0.2) is 0 Å². The molecule has 0 N–H and O–H groups in total. The molecule has 2 rings (SSSR count). The third-order valence-electron chi connectivity index (χ3n) is 2.04. The molecule has 2 nitrogen and oxygen atoms in total. The monoisotopic (exact) mass is 290 g/mol. The lowest BCUT2D eigenvalue weighted by Crippen LogP contribution is -1.92. The summed E-state index contributed by atoms with van der Waals surface area (Å²) in [5, 5.41) is 5.81. The molecule has 2 heterocycles. The van der Waals surface area contributed by atoms with E-state index in [1.54, 1.807) is 21.5 Å². The molecule has 16 heavy (non-hydrogen) atoms. The molecule has 6 heteroatoms. The zero-order valence-electron chi connectivity index (χ0n) is 7.70. The molecule has 0 saturated heterocycles. The van der Waals surface area contributed by atoms with Gasteiger partial charge in [-0.2, -0.15) is 22.7 Å². The van der Waals surface area contributed by atoms with Crippen LogP contribution in [0.1, 0.15) is 20.7 Å². The van der Waals surface area contributed by atoms with Crippen LogP contribution in [0.15, 0.2) is 21.5 Å². The molecule has 2 aromatic heterocycles. The van der Waals surface area contributed by atoms with Gasteiger partial charge in [-0.3, -0.25) is 9.59 Å². The van der Waals surface area contributed by atoms with Gasteiger partial charge in [0, 0.05) is 21.9 Å². The third-order valence-corrected chi connectivity index (χ3v) is 3.93. The molecule has 2 aromatic rings. The van der Waals surface area contributed by atoms with Gasteiger partial charge in [0.15, 0.2) is 0 Å². The number of thiophene rings is 2. The van der Waals surface area contributed by atoms with Gasteiger partial charge in [-0.15, -0.1) is 0 Å². The van der Waals surface area contributed by atoms with Crippen LogP contribution in [0.25, 0.3) is 11.1 Å². The van der Waals surface area contributed by atoms with Crippen LogP contribution in [0.5, 0.6) is 0 Å². The van der Waals surface area contributed by atoms with Crippen molar-refractivity contribution in [2.24, 2.45) is 0 Å². The van der Waals surface area contributed by atoms with Crippen LogP contribution >= 0.6 is 45.9 Å². The Morgan fingerprint density at radius 1 is 0.812 bits per heavy atom. The fourth-order valence-electron chi connectivity index (χ4n) is 1.32. The first-order valence-electron chi connectivity index (χ1n) is 4.13. The summed E-state index contributed by atoms with van der Waals surface area (Å²) < 4.78 is 0. The van der Waals surface area contributed by atoms with Crippen LogP contribution in [0, 0.1) is 0 Å². The highest BCUT2D eigenvalue weighted by atomic mass is 35.5. The maximum Gasteiger partial charge on any atom is 0.253 e. The molecule has 0 bridgehead atoms. The van der Waals surface area contributed by atoms with Crippen molar-refractivity contribution in [3.63, 3.8) is 0 Å². The number of rotatable bonds is 3. The molecule has 0 saturated carbocycles. The van der Waals surface area contributed by atoms with Crippen LogP contribution < -0.4 is 0 Å². The first-order valence-corrected chi connectivity index (χ1v) is 6.78. The van der Waals surface area contributed by atoms with E-state index in [1.807, 2.05) is 0 Å². The zero-order chi connectivity index (χ0) is 11.7. The molecule has 0 spiro atoms. The van der Waals surface area contributed by atoms with E-state index in [-0.39, 0.29) is 0 Å². The molecule has 0 aliphatic carbocycles. The van der Waals surface area contributed by atoms with Gasteiger partial charge >= 0.3 is 0 Å². The summed E-state index contributed by atoms with van der Waals surface area (Å²) in [6.45, 7) is 0. The number of hydrogen-bond acceptors (Lipinski definition) is 4. The molecular weight excluding hydrogens is 287 g/mol. The molecule has 0 aromatic carbocycles. The van der Waals surface area contributed by atoms with E-state index in [2.05, 4.69) is 0 Å². The van der Waals surface area contributed by atoms with Gasteiger partial charge in [-0.05, 0) is 34.0 Å². The Morgan fingerprint density at radius 3 is 1.50 bits per heavy atom. The van der Waals surface area contributed by atoms with Gasteiger partial charge in [0.05, 0.1) is 11.1 Å². The minimum atomic E-state index is -0.532. The summed E-state index contributed by atoms with van der Waals surface area (Å²) >= 11 is 13.6. The Kier molecular flexibility index (Phi) is 3.44. The summed E-state index contributed by atoms with van der Waals surface area (Å²) in [5.74, 6) is 0. The van der Waals surface area contributed by atoms with E-state index in [0.29, 0.717) is 22.3 Å². The number of halogens is 2. The van der Waals surface area contributed by atoms with E-state index in [4.69, 9.17) is 23.2 Å². The molecule has 0 aliphatic rings. The Labute approximate surface area is 109 Å². The smallest absolute Gasteiger partial charge is 0.253 e.